The molecule has 0 radical (unpaired) electrons. The molecule has 164 valence electrons. The average molecular weight is 399 g/mol. The molecule has 0 spiro atoms. The summed E-state index contributed by atoms with van der Waals surface area (Å²) in [5.41, 5.74) is 1.85. The molecule has 0 bridgehead atoms. The van der Waals surface area contributed by atoms with E-state index >= 15 is 0 Å². The maximum atomic E-state index is 12.2. The molecule has 2 amide bonds. The highest BCUT2D eigenvalue weighted by molar-refractivity contribution is 5.80. The van der Waals surface area contributed by atoms with E-state index in [1.54, 1.807) is 27.0 Å². The average Bonchev–Trinajstić information content (AvgIpc) is 2.60. The Hall–Kier alpha value is -1.56. The number of unbranched alkanes of at least 4 members (excludes halogenated alkanes) is 10. The smallest absolute Gasteiger partial charge is 0.433 e. The Morgan fingerprint density at radius 2 is 1.46 bits per heavy atom. The van der Waals surface area contributed by atoms with Gasteiger partial charge in [-0.3, -0.25) is 10.2 Å². The van der Waals surface area contributed by atoms with Gasteiger partial charge in [0.25, 0.3) is 5.91 Å². The van der Waals surface area contributed by atoms with Crippen molar-refractivity contribution in [3.63, 3.8) is 0 Å². The second-order valence-corrected chi connectivity index (χ2v) is 8.17. The first kappa shape index (κ1) is 26.4. The van der Waals surface area contributed by atoms with Crippen LogP contribution in [-0.4, -0.2) is 36.3 Å². The molecule has 0 aromatic heterocycles. The lowest BCUT2D eigenvalue weighted by molar-refractivity contribution is -0.128. The van der Waals surface area contributed by atoms with Crippen molar-refractivity contribution in [3.05, 3.63) is 12.3 Å². The second kappa shape index (κ2) is 16.4. The summed E-state index contributed by atoms with van der Waals surface area (Å²) in [5, 5.41) is 1.09. The van der Waals surface area contributed by atoms with Crippen molar-refractivity contribution in [2.75, 3.05) is 13.7 Å². The van der Waals surface area contributed by atoms with Crippen LogP contribution in [-0.2, 0) is 14.3 Å². The maximum Gasteiger partial charge on any atom is 0.433 e. The van der Waals surface area contributed by atoms with Crippen LogP contribution >= 0.6 is 0 Å². The minimum absolute atomic E-state index is 0.119. The van der Waals surface area contributed by atoms with Crippen molar-refractivity contribution in [3.8, 4) is 0 Å². The van der Waals surface area contributed by atoms with Crippen molar-refractivity contribution in [1.82, 2.24) is 10.4 Å². The number of ether oxygens (including phenoxy) is 2. The summed E-state index contributed by atoms with van der Waals surface area (Å²) in [6.45, 7) is 7.48. The summed E-state index contributed by atoms with van der Waals surface area (Å²) < 4.78 is 10.1. The molecule has 0 aliphatic rings. The molecule has 0 aromatic rings. The number of hydrogen-bond donors (Lipinski definition) is 1. The second-order valence-electron chi connectivity index (χ2n) is 8.17. The van der Waals surface area contributed by atoms with Crippen LogP contribution in [0.4, 0.5) is 4.79 Å². The monoisotopic (exact) mass is 398 g/mol. The number of carbonyl (C=O) groups is 2. The fraction of sp³-hybridized carbons (Fsp3) is 0.818. The fourth-order valence-corrected chi connectivity index (χ4v) is 2.68. The summed E-state index contributed by atoms with van der Waals surface area (Å²) >= 11 is 0. The number of nitrogens with one attached hydrogen (secondary N) is 1. The molecule has 0 heterocycles. The van der Waals surface area contributed by atoms with Gasteiger partial charge in [-0.1, -0.05) is 70.8 Å². The Balaban J connectivity index is 4.11. The summed E-state index contributed by atoms with van der Waals surface area (Å²) in [6.07, 6.45) is 16.6. The lowest BCUT2D eigenvalue weighted by Crippen LogP contribution is -2.46. The largest absolute Gasteiger partial charge is 0.442 e. The van der Waals surface area contributed by atoms with E-state index in [1.165, 1.54) is 64.9 Å². The maximum absolute atomic E-state index is 12.2. The molecule has 0 aliphatic carbocycles. The van der Waals surface area contributed by atoms with Gasteiger partial charge in [-0.2, -0.15) is 5.01 Å². The predicted molar refractivity (Wildman–Crippen MR) is 114 cm³/mol. The van der Waals surface area contributed by atoms with Gasteiger partial charge >= 0.3 is 6.09 Å². The minimum Gasteiger partial charge on any atom is -0.442 e. The van der Waals surface area contributed by atoms with Crippen molar-refractivity contribution >= 4 is 12.0 Å². The highest BCUT2D eigenvalue weighted by Crippen LogP contribution is 2.12. The number of amides is 2. The molecule has 1 N–H and O–H groups in total. The van der Waals surface area contributed by atoms with E-state index in [-0.39, 0.29) is 6.61 Å². The first-order valence-corrected chi connectivity index (χ1v) is 10.8. The van der Waals surface area contributed by atoms with Crippen molar-refractivity contribution in [1.29, 1.82) is 0 Å². The Bertz CT molecular complexity index is 444. The van der Waals surface area contributed by atoms with Crippen LogP contribution in [0, 0.1) is 0 Å². The normalized spacial score (nSPS) is 11.6. The molecule has 0 fully saturated rings. The third-order valence-electron chi connectivity index (χ3n) is 4.09. The number of nitrogens with zero attached hydrogens (tertiary/aromatic N) is 1. The molecule has 0 rings (SSSR count). The van der Waals surface area contributed by atoms with Gasteiger partial charge in [0.1, 0.15) is 12.2 Å². The molecule has 0 aliphatic heterocycles. The van der Waals surface area contributed by atoms with Crippen LogP contribution in [0.2, 0.25) is 0 Å². The summed E-state index contributed by atoms with van der Waals surface area (Å²) in [7, 11) is 1.43. The molecular formula is C22H42N2O4. The summed E-state index contributed by atoms with van der Waals surface area (Å²) in [6, 6.07) is 0. The van der Waals surface area contributed by atoms with Gasteiger partial charge < -0.3 is 9.47 Å². The van der Waals surface area contributed by atoms with E-state index in [9.17, 15) is 9.59 Å². The van der Waals surface area contributed by atoms with Gasteiger partial charge in [-0.25, -0.2) is 4.79 Å². The zero-order chi connectivity index (χ0) is 21.3. The van der Waals surface area contributed by atoms with Gasteiger partial charge in [-0.15, -0.1) is 0 Å². The Labute approximate surface area is 172 Å². The standard InChI is InChI=1S/C22H42N2O4/c1-6-7-8-9-10-11-12-13-14-15-16-17-18-24(23-20(25)19-27-5)21(26)28-22(2,3)4/h17-18H,6-16,19H2,1-5H3,(H,23,25)/b18-17+. The van der Waals surface area contributed by atoms with Crippen LogP contribution in [0.3, 0.4) is 0 Å². The molecule has 0 saturated carbocycles. The third kappa shape index (κ3) is 16.6. The highest BCUT2D eigenvalue weighted by Gasteiger charge is 2.22. The van der Waals surface area contributed by atoms with Crippen LogP contribution < -0.4 is 5.43 Å². The topological polar surface area (TPSA) is 67.9 Å². The van der Waals surface area contributed by atoms with Gasteiger partial charge in [0.05, 0.1) is 0 Å². The molecule has 6 heteroatoms. The zero-order valence-corrected chi connectivity index (χ0v) is 18.7. The highest BCUT2D eigenvalue weighted by atomic mass is 16.6. The molecule has 0 saturated heterocycles. The van der Waals surface area contributed by atoms with E-state index in [0.717, 1.165) is 17.9 Å². The molecule has 0 unspecified atom stereocenters. The van der Waals surface area contributed by atoms with Gasteiger partial charge in [0.15, 0.2) is 0 Å². The third-order valence-corrected chi connectivity index (χ3v) is 4.09. The van der Waals surface area contributed by atoms with Gasteiger partial charge in [-0.05, 0) is 33.6 Å². The van der Waals surface area contributed by atoms with Crippen molar-refractivity contribution in [2.24, 2.45) is 0 Å². The van der Waals surface area contributed by atoms with E-state index in [1.807, 2.05) is 6.08 Å². The van der Waals surface area contributed by atoms with Gasteiger partial charge in [0.2, 0.25) is 0 Å². The summed E-state index contributed by atoms with van der Waals surface area (Å²) in [5.74, 6) is -0.406. The van der Waals surface area contributed by atoms with E-state index in [0.29, 0.717) is 0 Å². The number of carbonyl (C=O) groups excluding carboxylic acids is 2. The predicted octanol–water partition coefficient (Wildman–Crippen LogP) is 5.73. The van der Waals surface area contributed by atoms with E-state index < -0.39 is 17.6 Å². The quantitative estimate of drug-likeness (QED) is 0.300. The number of hydrazine groups is 1. The molecular weight excluding hydrogens is 356 g/mol. The number of rotatable bonds is 14. The van der Waals surface area contributed by atoms with Crippen molar-refractivity contribution < 1.29 is 19.1 Å². The number of methoxy groups -OCH3 is 1. The summed E-state index contributed by atoms with van der Waals surface area (Å²) in [4.78, 5) is 24.0. The Kier molecular flexibility index (Phi) is 15.5. The van der Waals surface area contributed by atoms with Gasteiger partial charge in [0, 0.05) is 13.3 Å². The van der Waals surface area contributed by atoms with Crippen LogP contribution in [0.25, 0.3) is 0 Å². The molecule has 28 heavy (non-hydrogen) atoms. The van der Waals surface area contributed by atoms with E-state index in [4.69, 9.17) is 9.47 Å². The first-order valence-electron chi connectivity index (χ1n) is 10.8. The lowest BCUT2D eigenvalue weighted by atomic mass is 10.1. The molecule has 6 nitrogen and oxygen atoms in total. The molecule has 0 atom stereocenters. The number of hydrogen-bond acceptors (Lipinski definition) is 4. The lowest BCUT2D eigenvalue weighted by Gasteiger charge is -2.25. The Morgan fingerprint density at radius 1 is 0.929 bits per heavy atom. The number of allylic oxidation sites excluding steroid dienone is 1. The molecule has 0 aromatic carbocycles. The zero-order valence-electron chi connectivity index (χ0n) is 18.7. The van der Waals surface area contributed by atoms with Crippen LogP contribution in [0.15, 0.2) is 12.3 Å². The van der Waals surface area contributed by atoms with Crippen LogP contribution in [0.5, 0.6) is 0 Å². The fourth-order valence-electron chi connectivity index (χ4n) is 2.68. The van der Waals surface area contributed by atoms with Crippen molar-refractivity contribution in [2.45, 2.75) is 104 Å². The first-order chi connectivity index (χ1) is 13.3. The minimum atomic E-state index is -0.633. The Morgan fingerprint density at radius 3 is 1.96 bits per heavy atom. The SMILES string of the molecule is CCCCCCCCCCCC/C=C/N(NC(=O)COC)C(=O)OC(C)(C)C. The van der Waals surface area contributed by atoms with Crippen LogP contribution in [0.1, 0.15) is 98.3 Å². The van der Waals surface area contributed by atoms with E-state index in [2.05, 4.69) is 12.3 Å².